The number of rotatable bonds is 6. The molecule has 1 aliphatic rings. The molecule has 118 valence electrons. The first-order valence-corrected chi connectivity index (χ1v) is 9.29. The maximum absolute atomic E-state index is 3.69. The fourth-order valence-electron chi connectivity index (χ4n) is 3.60. The molecule has 0 aromatic heterocycles. The molecule has 1 aromatic carbocycles. The molecule has 1 fully saturated rings. The van der Waals surface area contributed by atoms with E-state index in [-0.39, 0.29) is 0 Å². The van der Waals surface area contributed by atoms with Gasteiger partial charge in [0.25, 0.3) is 0 Å². The maximum Gasteiger partial charge on any atom is 0.0177 e. The van der Waals surface area contributed by atoms with Crippen molar-refractivity contribution in [3.63, 3.8) is 0 Å². The Morgan fingerprint density at radius 2 is 2.05 bits per heavy atom. The first kappa shape index (κ1) is 17.0. The van der Waals surface area contributed by atoms with Gasteiger partial charge in [-0.3, -0.25) is 0 Å². The van der Waals surface area contributed by atoms with Crippen LogP contribution in [0.2, 0.25) is 0 Å². The van der Waals surface area contributed by atoms with E-state index in [2.05, 4.69) is 66.3 Å². The summed E-state index contributed by atoms with van der Waals surface area (Å²) in [4.78, 5) is 0. The number of nitrogens with one attached hydrogen (secondary N) is 1. The fraction of sp³-hybridized carbons (Fsp3) is 0.684. The number of hydrogen-bond acceptors (Lipinski definition) is 1. The van der Waals surface area contributed by atoms with E-state index in [1.807, 2.05) is 0 Å². The molecule has 0 bridgehead atoms. The Kier molecular flexibility index (Phi) is 6.75. The van der Waals surface area contributed by atoms with E-state index in [9.17, 15) is 0 Å². The van der Waals surface area contributed by atoms with Crippen LogP contribution in [0.3, 0.4) is 0 Å². The predicted octanol–water partition coefficient (Wildman–Crippen LogP) is 5.29. The molecule has 21 heavy (non-hydrogen) atoms. The smallest absolute Gasteiger partial charge is 0.0177 e. The molecular weight excluding hydrogens is 322 g/mol. The van der Waals surface area contributed by atoms with Gasteiger partial charge in [-0.1, -0.05) is 55.3 Å². The molecule has 0 aliphatic heterocycles. The molecule has 0 heterocycles. The molecule has 0 amide bonds. The molecule has 1 aliphatic carbocycles. The standard InChI is InChI=1S/C19H30BrN/c1-14(2)12-21-13-17-8-7-15(3)9-18(17)10-16-5-4-6-19(20)11-16/h4-6,11,14-15,17-18,21H,7-10,12-13H2,1-3H3. The summed E-state index contributed by atoms with van der Waals surface area (Å²) in [5.41, 5.74) is 1.48. The number of hydrogen-bond donors (Lipinski definition) is 1. The first-order chi connectivity index (χ1) is 10.0. The minimum absolute atomic E-state index is 0.746. The number of benzene rings is 1. The van der Waals surface area contributed by atoms with E-state index >= 15 is 0 Å². The second-order valence-corrected chi connectivity index (χ2v) is 8.24. The van der Waals surface area contributed by atoms with Crippen molar-refractivity contribution in [3.05, 3.63) is 34.3 Å². The molecule has 1 nitrogen and oxygen atoms in total. The van der Waals surface area contributed by atoms with Crippen molar-refractivity contribution in [2.75, 3.05) is 13.1 Å². The van der Waals surface area contributed by atoms with Gasteiger partial charge in [-0.15, -0.1) is 0 Å². The zero-order valence-electron chi connectivity index (χ0n) is 13.7. The predicted molar refractivity (Wildman–Crippen MR) is 95.5 cm³/mol. The molecule has 3 unspecified atom stereocenters. The van der Waals surface area contributed by atoms with Gasteiger partial charge in [0.05, 0.1) is 0 Å². The van der Waals surface area contributed by atoms with Crippen molar-refractivity contribution < 1.29 is 0 Å². The lowest BCUT2D eigenvalue weighted by Crippen LogP contribution is -2.35. The highest BCUT2D eigenvalue weighted by Crippen LogP contribution is 2.35. The van der Waals surface area contributed by atoms with E-state index in [0.717, 1.165) is 30.2 Å². The molecule has 0 spiro atoms. The van der Waals surface area contributed by atoms with Gasteiger partial charge in [0.2, 0.25) is 0 Å². The molecule has 1 aromatic rings. The first-order valence-electron chi connectivity index (χ1n) is 8.49. The molecular formula is C19H30BrN. The SMILES string of the molecule is CC(C)CNCC1CCC(C)CC1Cc1cccc(Br)c1. The summed E-state index contributed by atoms with van der Waals surface area (Å²) in [6.45, 7) is 9.34. The van der Waals surface area contributed by atoms with E-state index in [1.165, 1.54) is 42.3 Å². The molecule has 0 radical (unpaired) electrons. The third-order valence-electron chi connectivity index (χ3n) is 4.75. The maximum atomic E-state index is 3.69. The van der Waals surface area contributed by atoms with Crippen molar-refractivity contribution in [1.82, 2.24) is 5.32 Å². The minimum Gasteiger partial charge on any atom is -0.316 e. The van der Waals surface area contributed by atoms with E-state index in [4.69, 9.17) is 0 Å². The van der Waals surface area contributed by atoms with Crippen LogP contribution in [0.4, 0.5) is 0 Å². The van der Waals surface area contributed by atoms with Crippen LogP contribution in [0.1, 0.15) is 45.6 Å². The normalized spacial score (nSPS) is 26.2. The molecule has 2 rings (SSSR count). The monoisotopic (exact) mass is 351 g/mol. The average Bonchev–Trinajstić information content (AvgIpc) is 2.41. The fourth-order valence-corrected chi connectivity index (χ4v) is 4.05. The summed E-state index contributed by atoms with van der Waals surface area (Å²) in [7, 11) is 0. The third kappa shape index (κ3) is 5.75. The summed E-state index contributed by atoms with van der Waals surface area (Å²) in [6.07, 6.45) is 5.42. The van der Waals surface area contributed by atoms with Crippen molar-refractivity contribution in [1.29, 1.82) is 0 Å². The quantitative estimate of drug-likeness (QED) is 0.734. The van der Waals surface area contributed by atoms with Gasteiger partial charge in [-0.25, -0.2) is 0 Å². The molecule has 1 N–H and O–H groups in total. The van der Waals surface area contributed by atoms with Gasteiger partial charge < -0.3 is 5.32 Å². The summed E-state index contributed by atoms with van der Waals surface area (Å²) < 4.78 is 1.21. The van der Waals surface area contributed by atoms with Crippen molar-refractivity contribution in [2.45, 2.75) is 46.5 Å². The number of halogens is 1. The molecule has 0 saturated heterocycles. The van der Waals surface area contributed by atoms with Crippen molar-refractivity contribution >= 4 is 15.9 Å². The Morgan fingerprint density at radius 3 is 2.76 bits per heavy atom. The van der Waals surface area contributed by atoms with E-state index < -0.39 is 0 Å². The Hall–Kier alpha value is -0.340. The Labute approximate surface area is 139 Å². The van der Waals surface area contributed by atoms with Crippen LogP contribution in [0.5, 0.6) is 0 Å². The average molecular weight is 352 g/mol. The van der Waals surface area contributed by atoms with Crippen LogP contribution in [-0.4, -0.2) is 13.1 Å². The summed E-state index contributed by atoms with van der Waals surface area (Å²) in [6, 6.07) is 8.85. The molecule has 2 heteroatoms. The highest BCUT2D eigenvalue weighted by atomic mass is 79.9. The van der Waals surface area contributed by atoms with Gasteiger partial charge in [0.1, 0.15) is 0 Å². The third-order valence-corrected chi connectivity index (χ3v) is 5.24. The topological polar surface area (TPSA) is 12.0 Å². The zero-order valence-corrected chi connectivity index (χ0v) is 15.3. The second kappa shape index (κ2) is 8.33. The molecule has 3 atom stereocenters. The van der Waals surface area contributed by atoms with Crippen LogP contribution >= 0.6 is 15.9 Å². The summed E-state index contributed by atoms with van der Waals surface area (Å²) in [5, 5.41) is 3.69. The van der Waals surface area contributed by atoms with Crippen LogP contribution in [0.15, 0.2) is 28.7 Å². The zero-order chi connectivity index (χ0) is 15.2. The van der Waals surface area contributed by atoms with Crippen LogP contribution in [0.25, 0.3) is 0 Å². The van der Waals surface area contributed by atoms with Crippen LogP contribution in [0, 0.1) is 23.7 Å². The Balaban J connectivity index is 1.94. The van der Waals surface area contributed by atoms with Gasteiger partial charge in [0, 0.05) is 4.47 Å². The Morgan fingerprint density at radius 1 is 1.24 bits per heavy atom. The lowest BCUT2D eigenvalue weighted by molar-refractivity contribution is 0.182. The van der Waals surface area contributed by atoms with Crippen molar-refractivity contribution in [3.8, 4) is 0 Å². The minimum atomic E-state index is 0.746. The molecule has 1 saturated carbocycles. The summed E-state index contributed by atoms with van der Waals surface area (Å²) >= 11 is 3.60. The van der Waals surface area contributed by atoms with E-state index in [1.54, 1.807) is 0 Å². The second-order valence-electron chi connectivity index (χ2n) is 7.32. The highest BCUT2D eigenvalue weighted by molar-refractivity contribution is 9.10. The van der Waals surface area contributed by atoms with Crippen LogP contribution in [-0.2, 0) is 6.42 Å². The van der Waals surface area contributed by atoms with Crippen LogP contribution < -0.4 is 5.32 Å². The lowest BCUT2D eigenvalue weighted by Gasteiger charge is -2.35. The van der Waals surface area contributed by atoms with Gasteiger partial charge in [-0.05, 0) is 73.7 Å². The largest absolute Gasteiger partial charge is 0.316 e. The van der Waals surface area contributed by atoms with Gasteiger partial charge >= 0.3 is 0 Å². The Bertz CT molecular complexity index is 429. The van der Waals surface area contributed by atoms with Crippen molar-refractivity contribution in [2.24, 2.45) is 23.7 Å². The van der Waals surface area contributed by atoms with Gasteiger partial charge in [-0.2, -0.15) is 0 Å². The highest BCUT2D eigenvalue weighted by Gasteiger charge is 2.28. The van der Waals surface area contributed by atoms with Gasteiger partial charge in [0.15, 0.2) is 0 Å². The summed E-state index contributed by atoms with van der Waals surface area (Å²) in [5.74, 6) is 3.32. The van der Waals surface area contributed by atoms with E-state index in [0.29, 0.717) is 0 Å². The lowest BCUT2D eigenvalue weighted by atomic mass is 9.72.